The van der Waals surface area contributed by atoms with Gasteiger partial charge in [-0.25, -0.2) is 0 Å². The quantitative estimate of drug-likeness (QED) is 0.831. The Kier molecular flexibility index (Phi) is 3.68. The van der Waals surface area contributed by atoms with Crippen molar-refractivity contribution in [2.45, 2.75) is 20.8 Å². The first-order chi connectivity index (χ1) is 6.90. The first kappa shape index (κ1) is 12.0. The smallest absolute Gasteiger partial charge is 0.228 e. The molecule has 5 nitrogen and oxygen atoms in total. The SMILES string of the molecule is CNc1nc(Cl)nc(NCC(C)(C)C)n1. The van der Waals surface area contributed by atoms with Crippen molar-refractivity contribution in [1.29, 1.82) is 0 Å². The number of halogens is 1. The van der Waals surface area contributed by atoms with E-state index in [0.717, 1.165) is 6.54 Å². The summed E-state index contributed by atoms with van der Waals surface area (Å²) < 4.78 is 0. The Morgan fingerprint density at radius 1 is 1.13 bits per heavy atom. The third-order valence-corrected chi connectivity index (χ3v) is 1.78. The molecule has 0 aliphatic heterocycles. The molecule has 0 radical (unpaired) electrons. The minimum Gasteiger partial charge on any atom is -0.357 e. The highest BCUT2D eigenvalue weighted by atomic mass is 35.5. The summed E-state index contributed by atoms with van der Waals surface area (Å²) in [6.07, 6.45) is 0. The number of nitrogens with one attached hydrogen (secondary N) is 2. The molecule has 0 aromatic carbocycles. The Hall–Kier alpha value is -1.10. The molecule has 15 heavy (non-hydrogen) atoms. The summed E-state index contributed by atoms with van der Waals surface area (Å²) in [4.78, 5) is 12.0. The maximum atomic E-state index is 5.74. The van der Waals surface area contributed by atoms with Gasteiger partial charge >= 0.3 is 0 Å². The predicted octanol–water partition coefficient (Wildman–Crippen LogP) is 2.02. The van der Waals surface area contributed by atoms with Crippen molar-refractivity contribution < 1.29 is 0 Å². The van der Waals surface area contributed by atoms with Crippen LogP contribution in [0.4, 0.5) is 11.9 Å². The fraction of sp³-hybridized carbons (Fsp3) is 0.667. The van der Waals surface area contributed by atoms with E-state index in [1.807, 2.05) is 0 Å². The largest absolute Gasteiger partial charge is 0.357 e. The minimum absolute atomic E-state index is 0.166. The second-order valence-corrected chi connectivity index (χ2v) is 4.75. The summed E-state index contributed by atoms with van der Waals surface area (Å²) in [5, 5.41) is 6.12. The molecule has 0 bridgehead atoms. The lowest BCUT2D eigenvalue weighted by molar-refractivity contribution is 0.441. The van der Waals surface area contributed by atoms with Crippen LogP contribution in [0.25, 0.3) is 0 Å². The fourth-order valence-electron chi connectivity index (χ4n) is 0.885. The van der Waals surface area contributed by atoms with Crippen molar-refractivity contribution in [2.24, 2.45) is 5.41 Å². The van der Waals surface area contributed by atoms with E-state index >= 15 is 0 Å². The number of hydrogen-bond acceptors (Lipinski definition) is 5. The van der Waals surface area contributed by atoms with Gasteiger partial charge in [0.25, 0.3) is 0 Å². The summed E-state index contributed by atoms with van der Waals surface area (Å²) in [7, 11) is 1.74. The van der Waals surface area contributed by atoms with E-state index in [0.29, 0.717) is 11.9 Å². The van der Waals surface area contributed by atoms with Crippen molar-refractivity contribution >= 4 is 23.5 Å². The van der Waals surface area contributed by atoms with E-state index < -0.39 is 0 Å². The van der Waals surface area contributed by atoms with Crippen molar-refractivity contribution in [3.05, 3.63) is 5.28 Å². The van der Waals surface area contributed by atoms with Gasteiger partial charge in [0.1, 0.15) is 0 Å². The van der Waals surface area contributed by atoms with Crippen LogP contribution in [0.2, 0.25) is 5.28 Å². The van der Waals surface area contributed by atoms with Crippen molar-refractivity contribution in [2.75, 3.05) is 24.2 Å². The molecule has 2 N–H and O–H groups in total. The molecule has 0 aliphatic carbocycles. The minimum atomic E-state index is 0.166. The first-order valence-electron chi connectivity index (χ1n) is 4.74. The zero-order valence-electron chi connectivity index (χ0n) is 9.43. The van der Waals surface area contributed by atoms with Gasteiger partial charge < -0.3 is 10.6 Å². The number of hydrogen-bond donors (Lipinski definition) is 2. The van der Waals surface area contributed by atoms with Crippen LogP contribution in [0, 0.1) is 5.41 Å². The Morgan fingerprint density at radius 2 is 1.73 bits per heavy atom. The maximum Gasteiger partial charge on any atom is 0.228 e. The highest BCUT2D eigenvalue weighted by Gasteiger charge is 2.11. The molecule has 1 heterocycles. The highest BCUT2D eigenvalue weighted by molar-refractivity contribution is 6.28. The third-order valence-electron chi connectivity index (χ3n) is 1.61. The van der Waals surface area contributed by atoms with E-state index in [1.54, 1.807) is 7.05 Å². The number of nitrogens with zero attached hydrogens (tertiary/aromatic N) is 3. The molecule has 0 aliphatic rings. The van der Waals surface area contributed by atoms with Crippen molar-refractivity contribution in [1.82, 2.24) is 15.0 Å². The van der Waals surface area contributed by atoms with Crippen molar-refractivity contribution in [3.63, 3.8) is 0 Å². The molecule has 0 spiro atoms. The van der Waals surface area contributed by atoms with Gasteiger partial charge in [0, 0.05) is 13.6 Å². The van der Waals surface area contributed by atoms with Gasteiger partial charge in [-0.15, -0.1) is 0 Å². The van der Waals surface area contributed by atoms with E-state index in [1.165, 1.54) is 0 Å². The Balaban J connectivity index is 2.73. The van der Waals surface area contributed by atoms with Crippen molar-refractivity contribution in [3.8, 4) is 0 Å². The average Bonchev–Trinajstić information content (AvgIpc) is 2.13. The summed E-state index contributed by atoms with van der Waals surface area (Å²) in [6.45, 7) is 7.15. The molecule has 6 heteroatoms. The van der Waals surface area contributed by atoms with Gasteiger partial charge in [-0.1, -0.05) is 20.8 Å². The van der Waals surface area contributed by atoms with Crippen LogP contribution >= 0.6 is 11.6 Å². The average molecular weight is 230 g/mol. The summed E-state index contributed by atoms with van der Waals surface area (Å²) in [5.74, 6) is 0.959. The molecule has 0 amide bonds. The Morgan fingerprint density at radius 3 is 2.27 bits per heavy atom. The van der Waals surface area contributed by atoms with Gasteiger partial charge in [0.15, 0.2) is 0 Å². The molecule has 1 aromatic rings. The molecule has 0 unspecified atom stereocenters. The lowest BCUT2D eigenvalue weighted by Gasteiger charge is -2.18. The summed E-state index contributed by atoms with van der Waals surface area (Å²) >= 11 is 5.74. The third kappa shape index (κ3) is 4.29. The summed E-state index contributed by atoms with van der Waals surface area (Å²) in [5.41, 5.74) is 0.166. The standard InChI is InChI=1S/C9H16ClN5/c1-9(2,3)5-12-8-14-6(10)13-7(11-4)15-8/h5H2,1-4H3,(H2,11,12,13,14,15). The number of aromatic nitrogens is 3. The Bertz CT molecular complexity index is 334. The monoisotopic (exact) mass is 229 g/mol. The van der Waals surface area contributed by atoms with Gasteiger partial charge in [-0.3, -0.25) is 0 Å². The van der Waals surface area contributed by atoms with Crippen LogP contribution in [0.5, 0.6) is 0 Å². The molecular weight excluding hydrogens is 214 g/mol. The van der Waals surface area contributed by atoms with Crippen LogP contribution in [-0.2, 0) is 0 Å². The molecule has 1 aromatic heterocycles. The molecule has 1 rings (SSSR count). The van der Waals surface area contributed by atoms with Crippen LogP contribution in [0.1, 0.15) is 20.8 Å². The zero-order chi connectivity index (χ0) is 11.5. The Labute approximate surface area is 94.7 Å². The molecule has 0 saturated heterocycles. The number of anilines is 2. The normalized spacial score (nSPS) is 11.3. The highest BCUT2D eigenvalue weighted by Crippen LogP contribution is 2.14. The molecule has 0 fully saturated rings. The molecular formula is C9H16ClN5. The fourth-order valence-corrected chi connectivity index (χ4v) is 1.05. The lowest BCUT2D eigenvalue weighted by atomic mass is 9.97. The van der Waals surface area contributed by atoms with Gasteiger partial charge in [0.2, 0.25) is 17.2 Å². The second-order valence-electron chi connectivity index (χ2n) is 4.42. The van der Waals surface area contributed by atoms with Crippen LogP contribution in [0.15, 0.2) is 0 Å². The molecule has 0 saturated carbocycles. The summed E-state index contributed by atoms with van der Waals surface area (Å²) in [6, 6.07) is 0. The van der Waals surface area contributed by atoms with Gasteiger partial charge in [-0.05, 0) is 17.0 Å². The topological polar surface area (TPSA) is 62.7 Å². The van der Waals surface area contributed by atoms with E-state index in [4.69, 9.17) is 11.6 Å². The molecule has 0 atom stereocenters. The van der Waals surface area contributed by atoms with Crippen LogP contribution < -0.4 is 10.6 Å². The lowest BCUT2D eigenvalue weighted by Crippen LogP contribution is -2.20. The second kappa shape index (κ2) is 4.61. The predicted molar refractivity (Wildman–Crippen MR) is 62.3 cm³/mol. The van der Waals surface area contributed by atoms with E-state index in [-0.39, 0.29) is 10.7 Å². The zero-order valence-corrected chi connectivity index (χ0v) is 10.2. The van der Waals surface area contributed by atoms with Gasteiger partial charge in [0.05, 0.1) is 0 Å². The molecule has 84 valence electrons. The van der Waals surface area contributed by atoms with E-state index in [9.17, 15) is 0 Å². The first-order valence-corrected chi connectivity index (χ1v) is 5.12. The maximum absolute atomic E-state index is 5.74. The van der Waals surface area contributed by atoms with Crippen LogP contribution in [0.3, 0.4) is 0 Å². The number of rotatable bonds is 3. The van der Waals surface area contributed by atoms with E-state index in [2.05, 4.69) is 46.4 Å². The van der Waals surface area contributed by atoms with Crippen LogP contribution in [-0.4, -0.2) is 28.5 Å². The van der Waals surface area contributed by atoms with Gasteiger partial charge in [-0.2, -0.15) is 15.0 Å².